The molecule has 0 radical (unpaired) electrons. The highest BCUT2D eigenvalue weighted by Gasteiger charge is 2.14. The van der Waals surface area contributed by atoms with E-state index in [2.05, 4.69) is 0 Å². The normalized spacial score (nSPS) is 11.7. The van der Waals surface area contributed by atoms with Gasteiger partial charge in [-0.25, -0.2) is 0 Å². The van der Waals surface area contributed by atoms with Crippen molar-refractivity contribution in [2.24, 2.45) is 0 Å². The maximum absolute atomic E-state index is 11.6. The van der Waals surface area contributed by atoms with E-state index < -0.39 is 11.9 Å². The van der Waals surface area contributed by atoms with Crippen molar-refractivity contribution in [1.29, 1.82) is 0 Å². The minimum absolute atomic E-state index is 0.278. The molecule has 112 valence electrons. The molecule has 4 heteroatoms. The second-order valence-corrected chi connectivity index (χ2v) is 5.06. The van der Waals surface area contributed by atoms with Gasteiger partial charge in [0.05, 0.1) is 11.9 Å². The lowest BCUT2D eigenvalue weighted by Gasteiger charge is -2.18. The van der Waals surface area contributed by atoms with Crippen LogP contribution in [0.2, 0.25) is 0 Å². The van der Waals surface area contributed by atoms with E-state index in [1.165, 1.54) is 12.1 Å². The third-order valence-electron chi connectivity index (χ3n) is 3.27. The highest BCUT2D eigenvalue weighted by atomic mass is 16.4. The third-order valence-corrected chi connectivity index (χ3v) is 3.27. The van der Waals surface area contributed by atoms with Gasteiger partial charge < -0.3 is 19.8 Å². The summed E-state index contributed by atoms with van der Waals surface area (Å²) in [5.74, 6) is -3.10. The average Bonchev–Trinajstić information content (AvgIpc) is 2.43. The van der Waals surface area contributed by atoms with E-state index in [9.17, 15) is 19.8 Å². The molecule has 0 saturated carbocycles. The third kappa shape index (κ3) is 3.23. The Kier molecular flexibility index (Phi) is 4.41. The molecule has 0 fully saturated rings. The fourth-order valence-electron chi connectivity index (χ4n) is 2.33. The molecule has 4 nitrogen and oxygen atoms in total. The molecule has 0 amide bonds. The summed E-state index contributed by atoms with van der Waals surface area (Å²) in [6.07, 6.45) is 0. The van der Waals surface area contributed by atoms with Crippen LogP contribution < -0.4 is 10.2 Å². The molecule has 2 aromatic rings. The van der Waals surface area contributed by atoms with Gasteiger partial charge >= 0.3 is 0 Å². The Morgan fingerprint density at radius 2 is 1.09 bits per heavy atom. The molecule has 0 aliphatic heterocycles. The molecule has 0 unspecified atom stereocenters. The molecule has 0 spiro atoms. The summed E-state index contributed by atoms with van der Waals surface area (Å²) in [4.78, 5) is 23.1. The van der Waals surface area contributed by atoms with Gasteiger partial charge in [0.15, 0.2) is 0 Å². The first-order chi connectivity index (χ1) is 10.4. The maximum Gasteiger partial charge on any atom is 0.0728 e. The summed E-state index contributed by atoms with van der Waals surface area (Å²) in [7, 11) is 0. The fourth-order valence-corrected chi connectivity index (χ4v) is 2.33. The lowest BCUT2D eigenvalue weighted by Crippen LogP contribution is -2.30. The lowest BCUT2D eigenvalue weighted by molar-refractivity contribution is -0.299. The van der Waals surface area contributed by atoms with Gasteiger partial charge in [-0.15, -0.1) is 0 Å². The summed E-state index contributed by atoms with van der Waals surface area (Å²) in [6.45, 7) is 3.59. The predicted molar refractivity (Wildman–Crippen MR) is 79.2 cm³/mol. The minimum atomic E-state index is -1.55. The zero-order valence-corrected chi connectivity index (χ0v) is 12.3. The van der Waals surface area contributed by atoms with Gasteiger partial charge in [0.25, 0.3) is 0 Å². The summed E-state index contributed by atoms with van der Waals surface area (Å²) in [5.41, 5.74) is 1.43. The van der Waals surface area contributed by atoms with Crippen molar-refractivity contribution in [3.05, 3.63) is 70.8 Å². The zero-order chi connectivity index (χ0) is 16.3. The first kappa shape index (κ1) is 15.5. The molecule has 2 rings (SSSR count). The molecule has 0 saturated heterocycles. The van der Waals surface area contributed by atoms with Crippen LogP contribution in [0, 0.1) is 13.8 Å². The monoisotopic (exact) mass is 294 g/mol. The molecule has 22 heavy (non-hydrogen) atoms. The van der Waals surface area contributed by atoms with E-state index in [1.807, 2.05) is 0 Å². The Balaban J connectivity index is 2.79. The molecule has 0 atom stereocenters. The number of carbonyl (C=O) groups is 2. The van der Waals surface area contributed by atoms with E-state index in [0.29, 0.717) is 0 Å². The van der Waals surface area contributed by atoms with Crippen LogP contribution in [-0.2, 0) is 9.59 Å². The smallest absolute Gasteiger partial charge is 0.0728 e. The van der Waals surface area contributed by atoms with Crippen LogP contribution in [0.3, 0.4) is 0 Å². The Morgan fingerprint density at radius 1 is 0.727 bits per heavy atom. The molecular formula is C18H14O4-2. The maximum atomic E-state index is 11.6. The van der Waals surface area contributed by atoms with Gasteiger partial charge in [-0.1, -0.05) is 59.7 Å². The number of carboxylic acid groups (broad SMARTS) is 2. The van der Waals surface area contributed by atoms with E-state index >= 15 is 0 Å². The number of hydrogen-bond donors (Lipinski definition) is 0. The van der Waals surface area contributed by atoms with Crippen LogP contribution in [0.5, 0.6) is 0 Å². The number of aliphatic carboxylic acids is 2. The number of aryl methyl sites for hydroxylation is 2. The first-order valence-corrected chi connectivity index (χ1v) is 6.71. The highest BCUT2D eigenvalue weighted by molar-refractivity contribution is 6.35. The zero-order valence-electron chi connectivity index (χ0n) is 12.3. The van der Waals surface area contributed by atoms with E-state index in [-0.39, 0.29) is 22.3 Å². The molecular weight excluding hydrogens is 280 g/mol. The standard InChI is InChI=1S/C18H16O4/c1-11-5-3-7-13(9-11)15(17(19)20)16(18(21)22)14-8-4-6-12(2)10-14/h3-10H,1-2H3,(H,19,20)(H,21,22)/p-2/b16-15-. The van der Waals surface area contributed by atoms with Crippen LogP contribution in [0.15, 0.2) is 48.5 Å². The van der Waals surface area contributed by atoms with Crippen molar-refractivity contribution < 1.29 is 19.8 Å². The van der Waals surface area contributed by atoms with Gasteiger partial charge in [-0.3, -0.25) is 0 Å². The molecule has 0 aliphatic rings. The summed E-state index contributed by atoms with van der Waals surface area (Å²) in [5, 5.41) is 23.1. The Bertz CT molecular complexity index is 707. The molecule has 0 N–H and O–H groups in total. The Hall–Kier alpha value is -2.88. The number of carboxylic acids is 2. The predicted octanol–water partition coefficient (Wildman–Crippen LogP) is 0.714. The largest absolute Gasteiger partial charge is 0.545 e. The second kappa shape index (κ2) is 6.26. The SMILES string of the molecule is Cc1cccc(/C(C(=O)[O-])=C(/C(=O)[O-])c2cccc(C)c2)c1. The molecule has 0 bridgehead atoms. The highest BCUT2D eigenvalue weighted by Crippen LogP contribution is 2.27. The van der Waals surface area contributed by atoms with Gasteiger partial charge in [0, 0.05) is 11.1 Å². The lowest BCUT2D eigenvalue weighted by atomic mass is 9.93. The average molecular weight is 294 g/mol. The van der Waals surface area contributed by atoms with E-state index in [0.717, 1.165) is 11.1 Å². The Labute approximate surface area is 128 Å². The van der Waals surface area contributed by atoms with Crippen molar-refractivity contribution in [1.82, 2.24) is 0 Å². The van der Waals surface area contributed by atoms with Crippen LogP contribution in [0.1, 0.15) is 22.3 Å². The first-order valence-electron chi connectivity index (χ1n) is 6.71. The molecule has 2 aromatic carbocycles. The van der Waals surface area contributed by atoms with Gasteiger partial charge in [-0.05, 0) is 25.0 Å². The number of hydrogen-bond acceptors (Lipinski definition) is 4. The van der Waals surface area contributed by atoms with Crippen LogP contribution in [0.4, 0.5) is 0 Å². The van der Waals surface area contributed by atoms with E-state index in [4.69, 9.17) is 0 Å². The van der Waals surface area contributed by atoms with Crippen molar-refractivity contribution in [3.63, 3.8) is 0 Å². The van der Waals surface area contributed by atoms with Crippen molar-refractivity contribution in [2.75, 3.05) is 0 Å². The molecule has 0 aromatic heterocycles. The van der Waals surface area contributed by atoms with Gasteiger partial charge in [0.2, 0.25) is 0 Å². The second-order valence-electron chi connectivity index (χ2n) is 5.06. The quantitative estimate of drug-likeness (QED) is 0.614. The Morgan fingerprint density at radius 3 is 1.36 bits per heavy atom. The number of rotatable bonds is 4. The minimum Gasteiger partial charge on any atom is -0.545 e. The van der Waals surface area contributed by atoms with E-state index in [1.54, 1.807) is 50.2 Å². The van der Waals surface area contributed by atoms with Crippen molar-refractivity contribution in [2.45, 2.75) is 13.8 Å². The van der Waals surface area contributed by atoms with Crippen molar-refractivity contribution in [3.8, 4) is 0 Å². The summed E-state index contributed by atoms with van der Waals surface area (Å²) >= 11 is 0. The van der Waals surface area contributed by atoms with Crippen molar-refractivity contribution >= 4 is 23.1 Å². The van der Waals surface area contributed by atoms with Gasteiger partial charge in [-0.2, -0.15) is 0 Å². The fraction of sp³-hybridized carbons (Fsp3) is 0.111. The molecule has 0 aliphatic carbocycles. The van der Waals surface area contributed by atoms with Gasteiger partial charge in [0.1, 0.15) is 0 Å². The molecule has 0 heterocycles. The van der Waals surface area contributed by atoms with Crippen LogP contribution >= 0.6 is 0 Å². The van der Waals surface area contributed by atoms with Crippen LogP contribution in [0.25, 0.3) is 11.1 Å². The number of carbonyl (C=O) groups excluding carboxylic acids is 2. The summed E-state index contributed by atoms with van der Waals surface area (Å²) in [6, 6.07) is 13.2. The van der Waals surface area contributed by atoms with Crippen LogP contribution in [-0.4, -0.2) is 11.9 Å². The summed E-state index contributed by atoms with van der Waals surface area (Å²) < 4.78 is 0. The topological polar surface area (TPSA) is 80.3 Å². The number of benzene rings is 2.